The molecular formula is C19H14ClF2NO4. The second-order valence-electron chi connectivity index (χ2n) is 5.83. The molecule has 8 heteroatoms. The van der Waals surface area contributed by atoms with E-state index < -0.39 is 35.3 Å². The summed E-state index contributed by atoms with van der Waals surface area (Å²) in [5.74, 6) is -3.72. The maximum absolute atomic E-state index is 13.6. The fourth-order valence-electron chi connectivity index (χ4n) is 2.50. The number of benzene rings is 2. The lowest BCUT2D eigenvalue weighted by atomic mass is 10.1. The summed E-state index contributed by atoms with van der Waals surface area (Å²) >= 11 is 5.94. The molecule has 1 atom stereocenters. The van der Waals surface area contributed by atoms with E-state index in [1.807, 2.05) is 0 Å². The molecule has 0 saturated carbocycles. The Hall–Kier alpha value is -2.93. The van der Waals surface area contributed by atoms with E-state index in [2.05, 4.69) is 5.32 Å². The third-order valence-corrected chi connectivity index (χ3v) is 4.18. The number of fused-ring (bicyclic) bond motifs is 1. The van der Waals surface area contributed by atoms with Gasteiger partial charge in [0.05, 0.1) is 0 Å². The Morgan fingerprint density at radius 1 is 1.19 bits per heavy atom. The summed E-state index contributed by atoms with van der Waals surface area (Å²) in [4.78, 5) is 24.5. The summed E-state index contributed by atoms with van der Waals surface area (Å²) in [7, 11) is 0. The largest absolute Gasteiger partial charge is 0.449 e. The first-order valence-corrected chi connectivity index (χ1v) is 8.30. The Bertz CT molecular complexity index is 1030. The number of hydrogen-bond donors (Lipinski definition) is 1. The molecule has 1 amide bonds. The minimum absolute atomic E-state index is 0.0796. The lowest BCUT2D eigenvalue weighted by Crippen LogP contribution is -2.30. The number of carbonyl (C=O) groups excluding carboxylic acids is 2. The third kappa shape index (κ3) is 3.78. The second kappa shape index (κ2) is 7.36. The monoisotopic (exact) mass is 393 g/mol. The smallest absolute Gasteiger partial charge is 0.375 e. The first-order chi connectivity index (χ1) is 12.8. The van der Waals surface area contributed by atoms with Crippen LogP contribution in [0.2, 0.25) is 5.02 Å². The number of halogens is 3. The molecule has 0 fully saturated rings. The van der Waals surface area contributed by atoms with Crippen molar-refractivity contribution in [2.45, 2.75) is 20.0 Å². The highest BCUT2D eigenvalue weighted by molar-refractivity contribution is 6.31. The Morgan fingerprint density at radius 2 is 1.85 bits per heavy atom. The second-order valence-corrected chi connectivity index (χ2v) is 6.27. The normalized spacial score (nSPS) is 12.0. The van der Waals surface area contributed by atoms with E-state index in [-0.39, 0.29) is 5.76 Å². The van der Waals surface area contributed by atoms with Crippen LogP contribution >= 0.6 is 11.6 Å². The molecule has 0 aliphatic rings. The molecule has 0 aliphatic heterocycles. The van der Waals surface area contributed by atoms with Crippen LogP contribution in [-0.2, 0) is 9.53 Å². The van der Waals surface area contributed by atoms with Crippen molar-refractivity contribution in [3.63, 3.8) is 0 Å². The minimum atomic E-state index is -1.31. The van der Waals surface area contributed by atoms with E-state index in [0.29, 0.717) is 21.6 Å². The van der Waals surface area contributed by atoms with Gasteiger partial charge < -0.3 is 14.5 Å². The van der Waals surface area contributed by atoms with Crippen molar-refractivity contribution in [1.29, 1.82) is 0 Å². The number of hydrogen-bond acceptors (Lipinski definition) is 4. The summed E-state index contributed by atoms with van der Waals surface area (Å²) in [5.41, 5.74) is 0.333. The number of carbonyl (C=O) groups is 2. The summed E-state index contributed by atoms with van der Waals surface area (Å²) in [6.45, 7) is 2.93. The van der Waals surface area contributed by atoms with Gasteiger partial charge in [-0.25, -0.2) is 13.6 Å². The molecule has 0 bridgehead atoms. The zero-order chi connectivity index (χ0) is 19.7. The molecule has 5 nitrogen and oxygen atoms in total. The lowest BCUT2D eigenvalue weighted by Gasteiger charge is -2.13. The fraction of sp³-hybridized carbons (Fsp3) is 0.158. The third-order valence-electron chi connectivity index (χ3n) is 3.95. The number of furan rings is 1. The van der Waals surface area contributed by atoms with Crippen LogP contribution in [0.1, 0.15) is 23.0 Å². The maximum atomic E-state index is 13.6. The molecule has 1 aromatic heterocycles. The molecule has 0 radical (unpaired) electrons. The molecule has 0 unspecified atom stereocenters. The van der Waals surface area contributed by atoms with Crippen LogP contribution < -0.4 is 5.32 Å². The van der Waals surface area contributed by atoms with E-state index in [1.54, 1.807) is 25.1 Å². The van der Waals surface area contributed by atoms with Gasteiger partial charge in [-0.3, -0.25) is 4.79 Å². The van der Waals surface area contributed by atoms with E-state index in [9.17, 15) is 18.4 Å². The fourth-order valence-corrected chi connectivity index (χ4v) is 2.67. The zero-order valence-electron chi connectivity index (χ0n) is 14.3. The van der Waals surface area contributed by atoms with Crippen molar-refractivity contribution >= 4 is 40.1 Å². The van der Waals surface area contributed by atoms with Crippen molar-refractivity contribution in [3.05, 3.63) is 64.4 Å². The van der Waals surface area contributed by atoms with Crippen LogP contribution in [0.3, 0.4) is 0 Å². The summed E-state index contributed by atoms with van der Waals surface area (Å²) in [6.07, 6.45) is -1.31. The van der Waals surface area contributed by atoms with E-state index in [4.69, 9.17) is 20.8 Å². The van der Waals surface area contributed by atoms with Gasteiger partial charge in [0.2, 0.25) is 5.76 Å². The molecule has 0 saturated heterocycles. The highest BCUT2D eigenvalue weighted by Gasteiger charge is 2.25. The van der Waals surface area contributed by atoms with Gasteiger partial charge >= 0.3 is 5.97 Å². The van der Waals surface area contributed by atoms with Gasteiger partial charge in [0.25, 0.3) is 5.91 Å². The van der Waals surface area contributed by atoms with E-state index in [1.165, 1.54) is 13.0 Å². The van der Waals surface area contributed by atoms with Crippen LogP contribution in [0.5, 0.6) is 0 Å². The summed E-state index contributed by atoms with van der Waals surface area (Å²) in [6, 6.07) is 8.03. The summed E-state index contributed by atoms with van der Waals surface area (Å²) < 4.78 is 37.8. The van der Waals surface area contributed by atoms with Gasteiger partial charge in [0.1, 0.15) is 22.9 Å². The number of para-hydroxylation sites is 1. The maximum Gasteiger partial charge on any atom is 0.375 e. The van der Waals surface area contributed by atoms with Gasteiger partial charge in [-0.1, -0.05) is 17.7 Å². The van der Waals surface area contributed by atoms with Crippen LogP contribution in [0.4, 0.5) is 14.5 Å². The Kier molecular flexibility index (Phi) is 5.14. The highest BCUT2D eigenvalue weighted by Crippen LogP contribution is 2.28. The predicted octanol–water partition coefficient (Wildman–Crippen LogP) is 4.86. The standard InChI is InChI=1S/C19H14ClF2NO4/c1-9-12-8-11(20)6-7-15(12)27-17(9)19(25)26-10(2)18(24)23-16-13(21)4-3-5-14(16)22/h3-8,10H,1-2H3,(H,23,24)/t10-/m0/s1. The minimum Gasteiger partial charge on any atom is -0.449 e. The van der Waals surface area contributed by atoms with Crippen molar-refractivity contribution in [1.82, 2.24) is 0 Å². The highest BCUT2D eigenvalue weighted by atomic mass is 35.5. The van der Waals surface area contributed by atoms with Gasteiger partial charge in [-0.15, -0.1) is 0 Å². The first kappa shape index (κ1) is 18.8. The molecule has 3 rings (SSSR count). The topological polar surface area (TPSA) is 68.5 Å². The molecule has 1 heterocycles. The summed E-state index contributed by atoms with van der Waals surface area (Å²) in [5, 5.41) is 3.19. The SMILES string of the molecule is Cc1c(C(=O)O[C@@H](C)C(=O)Nc2c(F)cccc2F)oc2ccc(Cl)cc12. The molecular weight excluding hydrogens is 380 g/mol. The molecule has 27 heavy (non-hydrogen) atoms. The van der Waals surface area contributed by atoms with Crippen LogP contribution in [-0.4, -0.2) is 18.0 Å². The van der Waals surface area contributed by atoms with Gasteiger partial charge in [0.15, 0.2) is 6.10 Å². The number of aryl methyl sites for hydroxylation is 1. The Balaban J connectivity index is 1.76. The van der Waals surface area contributed by atoms with Crippen molar-refractivity contribution in [3.8, 4) is 0 Å². The van der Waals surface area contributed by atoms with Crippen LogP contribution in [0.15, 0.2) is 40.8 Å². The molecule has 140 valence electrons. The lowest BCUT2D eigenvalue weighted by molar-refractivity contribution is -0.123. The molecule has 1 N–H and O–H groups in total. The van der Waals surface area contributed by atoms with E-state index >= 15 is 0 Å². The van der Waals surface area contributed by atoms with Gasteiger partial charge in [-0.2, -0.15) is 0 Å². The molecule has 3 aromatic rings. The van der Waals surface area contributed by atoms with E-state index in [0.717, 1.165) is 12.1 Å². The zero-order valence-corrected chi connectivity index (χ0v) is 15.1. The Morgan fingerprint density at radius 3 is 2.52 bits per heavy atom. The number of esters is 1. The quantitative estimate of drug-likeness (QED) is 0.643. The number of anilines is 1. The van der Waals surface area contributed by atoms with Crippen LogP contribution in [0, 0.1) is 18.6 Å². The predicted molar refractivity (Wildman–Crippen MR) is 95.8 cm³/mol. The molecule has 2 aromatic carbocycles. The van der Waals surface area contributed by atoms with Crippen molar-refractivity contribution in [2.75, 3.05) is 5.32 Å². The number of amides is 1. The molecule has 0 aliphatic carbocycles. The average molecular weight is 394 g/mol. The van der Waals surface area contributed by atoms with Crippen molar-refractivity contribution < 1.29 is 27.5 Å². The number of rotatable bonds is 4. The van der Waals surface area contributed by atoms with Gasteiger partial charge in [-0.05, 0) is 44.2 Å². The van der Waals surface area contributed by atoms with Gasteiger partial charge in [0, 0.05) is 16.0 Å². The number of ether oxygens (including phenoxy) is 1. The Labute approximate surface area is 157 Å². The van der Waals surface area contributed by atoms with Crippen LogP contribution in [0.25, 0.3) is 11.0 Å². The number of nitrogens with one attached hydrogen (secondary N) is 1. The average Bonchev–Trinajstić information content (AvgIpc) is 2.94. The van der Waals surface area contributed by atoms with Crippen molar-refractivity contribution in [2.24, 2.45) is 0 Å². The molecule has 0 spiro atoms. The first-order valence-electron chi connectivity index (χ1n) is 7.92.